The fourth-order valence-corrected chi connectivity index (χ4v) is 3.21. The van der Waals surface area contributed by atoms with Gasteiger partial charge >= 0.3 is 0 Å². The molecule has 22 heavy (non-hydrogen) atoms. The van der Waals surface area contributed by atoms with Crippen LogP contribution in [0.25, 0.3) is 0 Å². The lowest BCUT2D eigenvalue weighted by molar-refractivity contribution is -0.130. The number of carbonyl (C=O) groups excluding carboxylic acids is 1. The summed E-state index contributed by atoms with van der Waals surface area (Å²) in [7, 11) is 1.85. The first-order valence-corrected chi connectivity index (χ1v) is 8.25. The Bertz CT molecular complexity index is 639. The Morgan fingerprint density at radius 3 is 2.95 bits per heavy atom. The fourth-order valence-electron chi connectivity index (χ4n) is 2.46. The Balaban J connectivity index is 1.48. The molecule has 2 heterocycles. The molecule has 2 aromatic rings. The van der Waals surface area contributed by atoms with E-state index in [4.69, 9.17) is 9.47 Å². The maximum absolute atomic E-state index is 12.2. The van der Waals surface area contributed by atoms with Crippen LogP contribution in [0.5, 0.6) is 11.5 Å². The van der Waals surface area contributed by atoms with E-state index < -0.39 is 0 Å². The normalized spacial score (nSPS) is 12.4. The minimum atomic E-state index is 0.175. The van der Waals surface area contributed by atoms with Gasteiger partial charge in [0.25, 0.3) is 0 Å². The van der Waals surface area contributed by atoms with Gasteiger partial charge in [-0.2, -0.15) is 0 Å². The van der Waals surface area contributed by atoms with E-state index in [2.05, 4.69) is 11.4 Å². The predicted octanol–water partition coefficient (Wildman–Crippen LogP) is 3.46. The molecule has 3 rings (SSSR count). The van der Waals surface area contributed by atoms with Crippen LogP contribution < -0.4 is 9.47 Å². The van der Waals surface area contributed by atoms with E-state index in [1.54, 1.807) is 16.2 Å². The van der Waals surface area contributed by atoms with Gasteiger partial charge in [0.1, 0.15) is 0 Å². The number of rotatable bonds is 6. The third kappa shape index (κ3) is 3.60. The minimum absolute atomic E-state index is 0.175. The molecule has 1 aliphatic rings. The predicted molar refractivity (Wildman–Crippen MR) is 86.3 cm³/mol. The van der Waals surface area contributed by atoms with Crippen LogP contribution in [-0.2, 0) is 17.8 Å². The van der Waals surface area contributed by atoms with Gasteiger partial charge in [0.15, 0.2) is 11.5 Å². The van der Waals surface area contributed by atoms with E-state index in [0.29, 0.717) is 13.0 Å². The molecule has 0 saturated heterocycles. The smallest absolute Gasteiger partial charge is 0.231 e. The second-order valence-electron chi connectivity index (χ2n) is 5.37. The molecule has 1 aromatic heterocycles. The van der Waals surface area contributed by atoms with Crippen molar-refractivity contribution in [1.29, 1.82) is 0 Å². The molecule has 0 N–H and O–H groups in total. The number of thiophene rings is 1. The van der Waals surface area contributed by atoms with Crippen molar-refractivity contribution < 1.29 is 14.3 Å². The summed E-state index contributed by atoms with van der Waals surface area (Å²) in [6.45, 7) is 0.866. The zero-order valence-corrected chi connectivity index (χ0v) is 13.4. The second-order valence-corrected chi connectivity index (χ2v) is 6.40. The quantitative estimate of drug-likeness (QED) is 0.819. The van der Waals surface area contributed by atoms with Crippen molar-refractivity contribution in [3.05, 3.63) is 46.2 Å². The molecule has 0 radical (unpaired) electrons. The summed E-state index contributed by atoms with van der Waals surface area (Å²) in [5, 5.41) is 2.07. The molecule has 0 fully saturated rings. The number of nitrogens with zero attached hydrogens (tertiary/aromatic N) is 1. The molecule has 0 bridgehead atoms. The van der Waals surface area contributed by atoms with Crippen molar-refractivity contribution in [2.75, 3.05) is 13.8 Å². The number of hydrogen-bond donors (Lipinski definition) is 0. The average Bonchev–Trinajstić information content (AvgIpc) is 3.17. The number of amides is 1. The standard InChI is InChI=1S/C17H19NO3S/c1-18(17(19)6-2-4-14-5-3-9-22-14)11-13-7-8-15-16(10-13)21-12-20-15/h3,5,7-10H,2,4,6,11-12H2,1H3. The third-order valence-electron chi connectivity index (χ3n) is 3.68. The summed E-state index contributed by atoms with van der Waals surface area (Å²) in [6, 6.07) is 9.98. The van der Waals surface area contributed by atoms with E-state index in [-0.39, 0.29) is 12.7 Å². The number of ether oxygens (including phenoxy) is 2. The van der Waals surface area contributed by atoms with Gasteiger partial charge < -0.3 is 14.4 Å². The molecule has 0 saturated carbocycles. The van der Waals surface area contributed by atoms with E-state index in [0.717, 1.165) is 29.9 Å². The highest BCUT2D eigenvalue weighted by molar-refractivity contribution is 7.09. The van der Waals surface area contributed by atoms with E-state index >= 15 is 0 Å². The molecule has 1 aliphatic heterocycles. The lowest BCUT2D eigenvalue weighted by Gasteiger charge is -2.17. The zero-order valence-electron chi connectivity index (χ0n) is 12.6. The molecule has 0 spiro atoms. The van der Waals surface area contributed by atoms with Crippen LogP contribution in [0.15, 0.2) is 35.7 Å². The third-order valence-corrected chi connectivity index (χ3v) is 4.61. The zero-order chi connectivity index (χ0) is 15.4. The van der Waals surface area contributed by atoms with Crippen LogP contribution in [-0.4, -0.2) is 24.6 Å². The van der Waals surface area contributed by atoms with Gasteiger partial charge in [0.05, 0.1) is 0 Å². The van der Waals surface area contributed by atoms with Crippen LogP contribution in [0.1, 0.15) is 23.3 Å². The Morgan fingerprint density at radius 2 is 2.14 bits per heavy atom. The molecule has 5 heteroatoms. The highest BCUT2D eigenvalue weighted by Gasteiger charge is 2.15. The number of fused-ring (bicyclic) bond motifs is 1. The molecule has 116 valence electrons. The van der Waals surface area contributed by atoms with Crippen molar-refractivity contribution in [3.63, 3.8) is 0 Å². The Labute approximate surface area is 134 Å². The summed E-state index contributed by atoms with van der Waals surface area (Å²) in [5.74, 6) is 1.71. The van der Waals surface area contributed by atoms with Crippen molar-refractivity contribution in [1.82, 2.24) is 4.90 Å². The maximum atomic E-state index is 12.2. The molecule has 1 aromatic carbocycles. The molecule has 4 nitrogen and oxygen atoms in total. The molecule has 0 aliphatic carbocycles. The molecule has 0 atom stereocenters. The maximum Gasteiger partial charge on any atom is 0.231 e. The first-order chi connectivity index (χ1) is 10.7. The highest BCUT2D eigenvalue weighted by Crippen LogP contribution is 2.32. The number of benzene rings is 1. The van der Waals surface area contributed by atoms with Crippen molar-refractivity contribution in [3.8, 4) is 11.5 Å². The largest absolute Gasteiger partial charge is 0.454 e. The van der Waals surface area contributed by atoms with Crippen molar-refractivity contribution in [2.24, 2.45) is 0 Å². The lowest BCUT2D eigenvalue weighted by atomic mass is 10.1. The van der Waals surface area contributed by atoms with Gasteiger partial charge in [0.2, 0.25) is 12.7 Å². The van der Waals surface area contributed by atoms with Crippen molar-refractivity contribution in [2.45, 2.75) is 25.8 Å². The number of hydrogen-bond acceptors (Lipinski definition) is 4. The first kappa shape index (κ1) is 14.9. The van der Waals surface area contributed by atoms with Gasteiger partial charge in [-0.15, -0.1) is 11.3 Å². The van der Waals surface area contributed by atoms with E-state index in [9.17, 15) is 4.79 Å². The number of carbonyl (C=O) groups is 1. The summed E-state index contributed by atoms with van der Waals surface area (Å²) >= 11 is 1.75. The summed E-state index contributed by atoms with van der Waals surface area (Å²) in [4.78, 5) is 15.3. The molecule has 1 amide bonds. The Kier molecular flexibility index (Phi) is 4.63. The molecular formula is C17H19NO3S. The number of aryl methyl sites for hydroxylation is 1. The van der Waals surface area contributed by atoms with Gasteiger partial charge in [0, 0.05) is 24.9 Å². The van der Waals surface area contributed by atoms with Crippen LogP contribution in [0.2, 0.25) is 0 Å². The minimum Gasteiger partial charge on any atom is -0.454 e. The average molecular weight is 317 g/mol. The SMILES string of the molecule is CN(Cc1ccc2c(c1)OCO2)C(=O)CCCc1cccs1. The van der Waals surface area contributed by atoms with E-state index in [1.807, 2.05) is 31.3 Å². The Morgan fingerprint density at radius 1 is 1.27 bits per heavy atom. The summed E-state index contributed by atoms with van der Waals surface area (Å²) in [5.41, 5.74) is 1.05. The van der Waals surface area contributed by atoms with Crippen LogP contribution >= 0.6 is 11.3 Å². The fraction of sp³-hybridized carbons (Fsp3) is 0.353. The highest BCUT2D eigenvalue weighted by atomic mass is 32.1. The Hall–Kier alpha value is -2.01. The van der Waals surface area contributed by atoms with E-state index in [1.165, 1.54) is 4.88 Å². The van der Waals surface area contributed by atoms with Crippen LogP contribution in [0, 0.1) is 0 Å². The van der Waals surface area contributed by atoms with Gasteiger partial charge in [-0.05, 0) is 42.0 Å². The monoisotopic (exact) mass is 317 g/mol. The summed E-state index contributed by atoms with van der Waals surface area (Å²) in [6.07, 6.45) is 2.45. The summed E-state index contributed by atoms with van der Waals surface area (Å²) < 4.78 is 10.7. The topological polar surface area (TPSA) is 38.8 Å². The van der Waals surface area contributed by atoms with Crippen LogP contribution in [0.3, 0.4) is 0 Å². The lowest BCUT2D eigenvalue weighted by Crippen LogP contribution is -2.25. The first-order valence-electron chi connectivity index (χ1n) is 7.37. The van der Waals surface area contributed by atoms with Gasteiger partial charge in [-0.25, -0.2) is 0 Å². The molecule has 0 unspecified atom stereocenters. The molecular weight excluding hydrogens is 298 g/mol. The van der Waals surface area contributed by atoms with Crippen LogP contribution in [0.4, 0.5) is 0 Å². The second kappa shape index (κ2) is 6.83. The van der Waals surface area contributed by atoms with Crippen molar-refractivity contribution >= 4 is 17.2 Å². The van der Waals surface area contributed by atoms with Gasteiger partial charge in [-0.3, -0.25) is 4.79 Å². The van der Waals surface area contributed by atoms with Gasteiger partial charge in [-0.1, -0.05) is 12.1 Å².